The van der Waals surface area contributed by atoms with Crippen LogP contribution in [0.3, 0.4) is 0 Å². The molecule has 0 bridgehead atoms. The maximum absolute atomic E-state index is 13.1. The summed E-state index contributed by atoms with van der Waals surface area (Å²) in [5.41, 5.74) is 0.0193. The van der Waals surface area contributed by atoms with Gasteiger partial charge in [-0.25, -0.2) is 4.39 Å². The first kappa shape index (κ1) is 14.1. The van der Waals surface area contributed by atoms with Gasteiger partial charge in [0.05, 0.1) is 5.56 Å². The zero-order valence-electron chi connectivity index (χ0n) is 10.5. The number of piperazine rings is 1. The summed E-state index contributed by atoms with van der Waals surface area (Å²) in [6, 6.07) is 3.40. The summed E-state index contributed by atoms with van der Waals surface area (Å²) in [6.45, 7) is 3.41. The predicted octanol–water partition coefficient (Wildman–Crippen LogP) is 1.53. The Hall–Kier alpha value is -1.33. The number of amides is 1. The van der Waals surface area contributed by atoms with E-state index in [0.29, 0.717) is 19.0 Å². The van der Waals surface area contributed by atoms with Crippen molar-refractivity contribution in [3.63, 3.8) is 0 Å². The Bertz CT molecular complexity index is 462. The Kier molecular flexibility index (Phi) is 4.61. The Morgan fingerprint density at radius 1 is 1.32 bits per heavy atom. The van der Waals surface area contributed by atoms with Gasteiger partial charge in [-0.05, 0) is 18.2 Å². The summed E-state index contributed by atoms with van der Waals surface area (Å²) in [7, 11) is 0. The van der Waals surface area contributed by atoms with Crippen molar-refractivity contribution in [3.05, 3.63) is 29.6 Å². The van der Waals surface area contributed by atoms with E-state index in [0.717, 1.165) is 31.8 Å². The van der Waals surface area contributed by atoms with Gasteiger partial charge in [-0.3, -0.25) is 9.69 Å². The van der Waals surface area contributed by atoms with Crippen molar-refractivity contribution in [2.75, 3.05) is 38.6 Å². The van der Waals surface area contributed by atoms with E-state index in [2.05, 4.69) is 4.90 Å². The lowest BCUT2D eigenvalue weighted by Crippen LogP contribution is -2.49. The van der Waals surface area contributed by atoms with E-state index >= 15 is 0 Å². The lowest BCUT2D eigenvalue weighted by Gasteiger charge is -2.34. The molecular formula is C13H16ClFN2O2. The van der Waals surface area contributed by atoms with Crippen molar-refractivity contribution in [3.8, 4) is 5.75 Å². The highest BCUT2D eigenvalue weighted by molar-refractivity contribution is 6.18. The summed E-state index contributed by atoms with van der Waals surface area (Å²) in [5, 5.41) is 9.63. The zero-order chi connectivity index (χ0) is 13.8. The van der Waals surface area contributed by atoms with Crippen LogP contribution in [0.15, 0.2) is 18.2 Å². The Balaban J connectivity index is 2.03. The number of alkyl halides is 1. The molecule has 1 aromatic carbocycles. The number of benzene rings is 1. The largest absolute Gasteiger partial charge is 0.507 e. The van der Waals surface area contributed by atoms with Crippen molar-refractivity contribution in [1.82, 2.24) is 9.80 Å². The number of hydrogen-bond donors (Lipinski definition) is 1. The number of rotatable bonds is 3. The molecule has 0 atom stereocenters. The summed E-state index contributed by atoms with van der Waals surface area (Å²) < 4.78 is 13.1. The number of nitrogens with zero attached hydrogens (tertiary/aromatic N) is 2. The standard InChI is InChI=1S/C13H16ClFN2O2/c14-3-4-16-5-7-17(8-6-16)13(19)11-9-10(15)1-2-12(11)18/h1-2,9,18H,3-8H2. The van der Waals surface area contributed by atoms with Crippen LogP contribution in [0, 0.1) is 5.82 Å². The molecular weight excluding hydrogens is 271 g/mol. The molecule has 1 aromatic rings. The number of hydrogen-bond acceptors (Lipinski definition) is 3. The van der Waals surface area contributed by atoms with Crippen molar-refractivity contribution in [2.45, 2.75) is 0 Å². The minimum Gasteiger partial charge on any atom is -0.507 e. The minimum atomic E-state index is -0.526. The molecule has 19 heavy (non-hydrogen) atoms. The zero-order valence-corrected chi connectivity index (χ0v) is 11.2. The number of carbonyl (C=O) groups excluding carboxylic acids is 1. The molecule has 1 aliphatic heterocycles. The fraction of sp³-hybridized carbons (Fsp3) is 0.462. The molecule has 0 radical (unpaired) electrons. The van der Waals surface area contributed by atoms with E-state index in [1.807, 2.05) is 0 Å². The second-order valence-electron chi connectivity index (χ2n) is 4.48. The molecule has 1 fully saturated rings. The quantitative estimate of drug-likeness (QED) is 0.857. The van der Waals surface area contributed by atoms with Crippen LogP contribution in [-0.4, -0.2) is 59.4 Å². The first-order valence-corrected chi connectivity index (χ1v) is 6.71. The van der Waals surface area contributed by atoms with Gasteiger partial charge in [0.1, 0.15) is 11.6 Å². The Labute approximate surface area is 116 Å². The Morgan fingerprint density at radius 2 is 2.00 bits per heavy atom. The SMILES string of the molecule is O=C(c1cc(F)ccc1O)N1CCN(CCCl)CC1. The number of phenols is 1. The van der Waals surface area contributed by atoms with Crippen LogP contribution >= 0.6 is 11.6 Å². The third kappa shape index (κ3) is 3.36. The van der Waals surface area contributed by atoms with Crippen molar-refractivity contribution in [2.24, 2.45) is 0 Å². The topological polar surface area (TPSA) is 43.8 Å². The molecule has 1 N–H and O–H groups in total. The monoisotopic (exact) mass is 286 g/mol. The molecule has 1 heterocycles. The molecule has 1 saturated heterocycles. The maximum atomic E-state index is 13.1. The second kappa shape index (κ2) is 6.21. The van der Waals surface area contributed by atoms with E-state index in [1.165, 1.54) is 6.07 Å². The highest BCUT2D eigenvalue weighted by atomic mass is 35.5. The Morgan fingerprint density at radius 3 is 2.63 bits per heavy atom. The molecule has 0 unspecified atom stereocenters. The lowest BCUT2D eigenvalue weighted by molar-refractivity contribution is 0.0641. The molecule has 4 nitrogen and oxygen atoms in total. The summed E-state index contributed by atoms with van der Waals surface area (Å²) >= 11 is 5.67. The molecule has 6 heteroatoms. The van der Waals surface area contributed by atoms with E-state index in [9.17, 15) is 14.3 Å². The van der Waals surface area contributed by atoms with Crippen LogP contribution < -0.4 is 0 Å². The van der Waals surface area contributed by atoms with E-state index in [-0.39, 0.29) is 17.2 Å². The maximum Gasteiger partial charge on any atom is 0.257 e. The van der Waals surface area contributed by atoms with Crippen LogP contribution in [-0.2, 0) is 0 Å². The molecule has 1 aliphatic rings. The summed E-state index contributed by atoms with van der Waals surface area (Å²) in [4.78, 5) is 16.0. The van der Waals surface area contributed by atoms with Gasteiger partial charge >= 0.3 is 0 Å². The smallest absolute Gasteiger partial charge is 0.257 e. The molecule has 0 aromatic heterocycles. The number of aromatic hydroxyl groups is 1. The minimum absolute atomic E-state index is 0.0193. The van der Waals surface area contributed by atoms with E-state index < -0.39 is 5.82 Å². The summed E-state index contributed by atoms with van der Waals surface area (Å²) in [5.74, 6) is -0.474. The average molecular weight is 287 g/mol. The van der Waals surface area contributed by atoms with Crippen molar-refractivity contribution >= 4 is 17.5 Å². The number of phenolic OH excluding ortho intramolecular Hbond substituents is 1. The highest BCUT2D eigenvalue weighted by Gasteiger charge is 2.23. The highest BCUT2D eigenvalue weighted by Crippen LogP contribution is 2.20. The fourth-order valence-corrected chi connectivity index (χ4v) is 2.38. The van der Waals surface area contributed by atoms with Gasteiger partial charge < -0.3 is 10.0 Å². The molecule has 1 amide bonds. The summed E-state index contributed by atoms with van der Waals surface area (Å²) in [6.07, 6.45) is 0. The fourth-order valence-electron chi connectivity index (χ4n) is 2.14. The number of carbonyl (C=O) groups is 1. The van der Waals surface area contributed by atoms with Crippen LogP contribution in [0.2, 0.25) is 0 Å². The van der Waals surface area contributed by atoms with Crippen molar-refractivity contribution in [1.29, 1.82) is 0 Å². The first-order chi connectivity index (χ1) is 9.11. The van der Waals surface area contributed by atoms with Crippen LogP contribution in [0.5, 0.6) is 5.75 Å². The van der Waals surface area contributed by atoms with Gasteiger partial charge in [0.2, 0.25) is 0 Å². The predicted molar refractivity (Wildman–Crippen MR) is 71.1 cm³/mol. The molecule has 2 rings (SSSR count). The van der Waals surface area contributed by atoms with Gasteiger partial charge in [-0.15, -0.1) is 11.6 Å². The average Bonchev–Trinajstić information content (AvgIpc) is 2.42. The van der Waals surface area contributed by atoms with Gasteiger partial charge in [-0.2, -0.15) is 0 Å². The van der Waals surface area contributed by atoms with E-state index in [4.69, 9.17) is 11.6 Å². The molecule has 104 valence electrons. The third-order valence-electron chi connectivity index (χ3n) is 3.25. The lowest BCUT2D eigenvalue weighted by atomic mass is 10.1. The normalized spacial score (nSPS) is 16.6. The van der Waals surface area contributed by atoms with Gasteiger partial charge in [0, 0.05) is 38.6 Å². The molecule has 0 aliphatic carbocycles. The van der Waals surface area contributed by atoms with Crippen LogP contribution in [0.4, 0.5) is 4.39 Å². The van der Waals surface area contributed by atoms with E-state index in [1.54, 1.807) is 4.90 Å². The van der Waals surface area contributed by atoms with Gasteiger partial charge in [0.25, 0.3) is 5.91 Å². The van der Waals surface area contributed by atoms with Crippen molar-refractivity contribution < 1.29 is 14.3 Å². The van der Waals surface area contributed by atoms with Crippen LogP contribution in [0.1, 0.15) is 10.4 Å². The second-order valence-corrected chi connectivity index (χ2v) is 4.86. The molecule has 0 saturated carbocycles. The number of halogens is 2. The van der Waals surface area contributed by atoms with Gasteiger partial charge in [0.15, 0.2) is 0 Å². The van der Waals surface area contributed by atoms with Gasteiger partial charge in [-0.1, -0.05) is 0 Å². The third-order valence-corrected chi connectivity index (χ3v) is 3.42. The van der Waals surface area contributed by atoms with Crippen LogP contribution in [0.25, 0.3) is 0 Å². The first-order valence-electron chi connectivity index (χ1n) is 6.18. The molecule has 0 spiro atoms.